The number of rotatable bonds is 2. The SMILES string of the molecule is CC12OCCC1(O)c1ccccc1N2Cc1ccccc1. The number of nitrogens with zero attached hydrogens (tertiary/aromatic N) is 1. The minimum absolute atomic E-state index is 0.590. The molecule has 0 saturated carbocycles. The molecule has 0 bridgehead atoms. The number of fused-ring (bicyclic) bond motifs is 3. The van der Waals surface area contributed by atoms with Gasteiger partial charge in [0.25, 0.3) is 0 Å². The molecule has 4 rings (SSSR count). The Balaban J connectivity index is 1.82. The molecule has 0 aromatic heterocycles. The highest BCUT2D eigenvalue weighted by Crippen LogP contribution is 2.56. The lowest BCUT2D eigenvalue weighted by molar-refractivity contribution is -0.104. The van der Waals surface area contributed by atoms with Crippen LogP contribution in [0.15, 0.2) is 54.6 Å². The van der Waals surface area contributed by atoms with Gasteiger partial charge in [-0.15, -0.1) is 0 Å². The second-order valence-corrected chi connectivity index (χ2v) is 6.03. The maximum atomic E-state index is 11.2. The molecule has 1 saturated heterocycles. The Bertz CT molecular complexity index is 672. The van der Waals surface area contributed by atoms with E-state index in [9.17, 15) is 5.11 Å². The van der Waals surface area contributed by atoms with Gasteiger partial charge in [0.05, 0.1) is 6.61 Å². The molecule has 21 heavy (non-hydrogen) atoms. The highest BCUT2D eigenvalue weighted by molar-refractivity contribution is 5.65. The van der Waals surface area contributed by atoms with Crippen LogP contribution in [-0.4, -0.2) is 17.4 Å². The topological polar surface area (TPSA) is 32.7 Å². The maximum Gasteiger partial charge on any atom is 0.171 e. The van der Waals surface area contributed by atoms with Gasteiger partial charge in [-0.3, -0.25) is 0 Å². The summed E-state index contributed by atoms with van der Waals surface area (Å²) in [6.07, 6.45) is 0.645. The third kappa shape index (κ3) is 1.62. The van der Waals surface area contributed by atoms with Crippen LogP contribution in [0, 0.1) is 0 Å². The van der Waals surface area contributed by atoms with Gasteiger partial charge in [0.1, 0.15) is 5.60 Å². The molecule has 1 N–H and O–H groups in total. The lowest BCUT2D eigenvalue weighted by atomic mass is 9.87. The fourth-order valence-corrected chi connectivity index (χ4v) is 3.73. The molecule has 2 atom stereocenters. The molecule has 2 aliphatic rings. The van der Waals surface area contributed by atoms with E-state index in [-0.39, 0.29) is 0 Å². The van der Waals surface area contributed by atoms with E-state index < -0.39 is 11.3 Å². The largest absolute Gasteiger partial charge is 0.380 e. The van der Waals surface area contributed by atoms with Crippen LogP contribution in [0.2, 0.25) is 0 Å². The second-order valence-electron chi connectivity index (χ2n) is 6.03. The highest BCUT2D eigenvalue weighted by atomic mass is 16.5. The summed E-state index contributed by atoms with van der Waals surface area (Å²) in [7, 11) is 0. The number of hydrogen-bond acceptors (Lipinski definition) is 3. The van der Waals surface area contributed by atoms with Crippen LogP contribution in [0.1, 0.15) is 24.5 Å². The van der Waals surface area contributed by atoms with Crippen LogP contribution < -0.4 is 4.90 Å². The minimum Gasteiger partial charge on any atom is -0.380 e. The van der Waals surface area contributed by atoms with Crippen molar-refractivity contribution in [1.29, 1.82) is 0 Å². The van der Waals surface area contributed by atoms with Gasteiger partial charge < -0.3 is 14.7 Å². The highest BCUT2D eigenvalue weighted by Gasteiger charge is 2.62. The molecule has 3 heteroatoms. The third-order valence-electron chi connectivity index (χ3n) is 4.95. The van der Waals surface area contributed by atoms with Crippen molar-refractivity contribution in [3.63, 3.8) is 0 Å². The number of ether oxygens (including phenoxy) is 1. The first-order valence-electron chi connectivity index (χ1n) is 7.42. The van der Waals surface area contributed by atoms with E-state index in [0.29, 0.717) is 13.0 Å². The Morgan fingerprint density at radius 1 is 1.10 bits per heavy atom. The van der Waals surface area contributed by atoms with E-state index in [4.69, 9.17) is 4.74 Å². The molecule has 0 aliphatic carbocycles. The Labute approximate surface area is 124 Å². The van der Waals surface area contributed by atoms with Gasteiger partial charge in [0, 0.05) is 24.2 Å². The Morgan fingerprint density at radius 2 is 1.81 bits per heavy atom. The molecule has 2 aromatic carbocycles. The normalized spacial score (nSPS) is 30.3. The van der Waals surface area contributed by atoms with Crippen LogP contribution in [0.5, 0.6) is 0 Å². The van der Waals surface area contributed by atoms with Crippen LogP contribution in [0.3, 0.4) is 0 Å². The van der Waals surface area contributed by atoms with Gasteiger partial charge in [-0.05, 0) is 18.6 Å². The zero-order valence-electron chi connectivity index (χ0n) is 12.1. The first-order valence-corrected chi connectivity index (χ1v) is 7.42. The standard InChI is InChI=1S/C18H19NO2/c1-17-18(20,11-12-21-17)15-9-5-6-10-16(15)19(17)13-14-7-3-2-4-8-14/h2-10,20H,11-13H2,1H3. The van der Waals surface area contributed by atoms with E-state index in [1.807, 2.05) is 43.3 Å². The Hall–Kier alpha value is -1.84. The van der Waals surface area contributed by atoms with Gasteiger partial charge in [-0.2, -0.15) is 0 Å². The first kappa shape index (κ1) is 12.9. The summed E-state index contributed by atoms with van der Waals surface area (Å²) in [5.41, 5.74) is 1.67. The molecule has 0 spiro atoms. The van der Waals surface area contributed by atoms with E-state index in [2.05, 4.69) is 23.1 Å². The van der Waals surface area contributed by atoms with Crippen molar-refractivity contribution in [2.45, 2.75) is 31.2 Å². The molecule has 0 radical (unpaired) electrons. The monoisotopic (exact) mass is 281 g/mol. The molecule has 2 aromatic rings. The molecule has 3 nitrogen and oxygen atoms in total. The third-order valence-corrected chi connectivity index (χ3v) is 4.95. The summed E-state index contributed by atoms with van der Waals surface area (Å²) in [5.74, 6) is 0. The predicted octanol–water partition coefficient (Wildman–Crippen LogP) is 3.03. The van der Waals surface area contributed by atoms with Crippen molar-refractivity contribution in [2.75, 3.05) is 11.5 Å². The number of aliphatic hydroxyl groups is 1. The van der Waals surface area contributed by atoms with Gasteiger partial charge >= 0.3 is 0 Å². The van der Waals surface area contributed by atoms with Gasteiger partial charge in [-0.1, -0.05) is 48.5 Å². The number of para-hydroxylation sites is 1. The zero-order chi connectivity index (χ0) is 14.5. The Kier molecular flexibility index (Phi) is 2.65. The average molecular weight is 281 g/mol. The molecule has 2 aliphatic heterocycles. The summed E-state index contributed by atoms with van der Waals surface area (Å²) >= 11 is 0. The average Bonchev–Trinajstić information content (AvgIpc) is 2.91. The van der Waals surface area contributed by atoms with Gasteiger partial charge in [-0.25, -0.2) is 0 Å². The first-order chi connectivity index (χ1) is 10.2. The summed E-state index contributed by atoms with van der Waals surface area (Å²) < 4.78 is 6.01. The quantitative estimate of drug-likeness (QED) is 0.918. The zero-order valence-corrected chi connectivity index (χ0v) is 12.1. The smallest absolute Gasteiger partial charge is 0.171 e. The predicted molar refractivity (Wildman–Crippen MR) is 81.9 cm³/mol. The fraction of sp³-hybridized carbons (Fsp3) is 0.333. The van der Waals surface area contributed by atoms with Crippen molar-refractivity contribution in [3.05, 3.63) is 65.7 Å². The summed E-state index contributed by atoms with van der Waals surface area (Å²) in [6.45, 7) is 3.33. The molecule has 2 unspecified atom stereocenters. The van der Waals surface area contributed by atoms with Crippen molar-refractivity contribution in [1.82, 2.24) is 0 Å². The Morgan fingerprint density at radius 3 is 2.62 bits per heavy atom. The molecular weight excluding hydrogens is 262 g/mol. The summed E-state index contributed by atoms with van der Waals surface area (Å²) in [5, 5.41) is 11.2. The van der Waals surface area contributed by atoms with E-state index >= 15 is 0 Å². The van der Waals surface area contributed by atoms with Crippen molar-refractivity contribution < 1.29 is 9.84 Å². The number of hydrogen-bond donors (Lipinski definition) is 1. The summed E-state index contributed by atoms with van der Waals surface area (Å²) in [6, 6.07) is 18.4. The van der Waals surface area contributed by atoms with Gasteiger partial charge in [0.2, 0.25) is 0 Å². The van der Waals surface area contributed by atoms with Crippen molar-refractivity contribution in [2.24, 2.45) is 0 Å². The second kappa shape index (κ2) is 4.33. The fourth-order valence-electron chi connectivity index (χ4n) is 3.73. The van der Waals surface area contributed by atoms with Gasteiger partial charge in [0.15, 0.2) is 5.72 Å². The molecule has 108 valence electrons. The van der Waals surface area contributed by atoms with E-state index in [1.54, 1.807) is 0 Å². The lowest BCUT2D eigenvalue weighted by Crippen LogP contribution is -2.53. The van der Waals surface area contributed by atoms with Crippen LogP contribution in [0.25, 0.3) is 0 Å². The summed E-state index contributed by atoms with van der Waals surface area (Å²) in [4.78, 5) is 2.20. The van der Waals surface area contributed by atoms with E-state index in [0.717, 1.165) is 17.8 Å². The molecular formula is C18H19NO2. The number of benzene rings is 2. The van der Waals surface area contributed by atoms with Crippen LogP contribution in [0.4, 0.5) is 5.69 Å². The molecule has 1 fully saturated rings. The van der Waals surface area contributed by atoms with E-state index in [1.165, 1.54) is 5.56 Å². The molecule has 0 amide bonds. The maximum absolute atomic E-state index is 11.2. The number of anilines is 1. The van der Waals surface area contributed by atoms with Crippen molar-refractivity contribution in [3.8, 4) is 0 Å². The van der Waals surface area contributed by atoms with Crippen LogP contribution in [-0.2, 0) is 16.9 Å². The lowest BCUT2D eigenvalue weighted by Gasteiger charge is -2.39. The van der Waals surface area contributed by atoms with Crippen LogP contribution >= 0.6 is 0 Å². The van der Waals surface area contributed by atoms with Crippen molar-refractivity contribution >= 4 is 5.69 Å². The minimum atomic E-state index is -0.918. The molecule has 2 heterocycles.